The molecule has 0 aromatic carbocycles. The van der Waals surface area contributed by atoms with Crippen LogP contribution in [0, 0.1) is 17.2 Å². The summed E-state index contributed by atoms with van der Waals surface area (Å²) in [5.74, 6) is 1.50. The number of rotatable bonds is 7. The first kappa shape index (κ1) is 14.8. The molecular formula is C13H20N4S2. The number of thioether (sulfide) groups is 1. The average Bonchev–Trinajstić information content (AvgIpc) is 3.07. The smallest absolute Gasteiger partial charge is 0.174 e. The highest BCUT2D eigenvalue weighted by molar-refractivity contribution is 8.00. The van der Waals surface area contributed by atoms with Crippen molar-refractivity contribution in [1.29, 1.82) is 5.26 Å². The summed E-state index contributed by atoms with van der Waals surface area (Å²) in [6, 6.07) is 2.56. The van der Waals surface area contributed by atoms with Crippen LogP contribution in [0.25, 0.3) is 0 Å². The highest BCUT2D eigenvalue weighted by Crippen LogP contribution is 2.38. The molecule has 0 bridgehead atoms. The molecule has 19 heavy (non-hydrogen) atoms. The normalized spacial score (nSPS) is 26.4. The molecule has 0 spiro atoms. The number of hydrogen-bond donors (Lipinski definition) is 1. The van der Waals surface area contributed by atoms with Crippen molar-refractivity contribution >= 4 is 23.1 Å². The predicted molar refractivity (Wildman–Crippen MR) is 79.2 cm³/mol. The molecule has 1 aromatic heterocycles. The second-order valence-corrected chi connectivity index (χ2v) is 7.12. The Bertz CT molecular complexity index is 415. The van der Waals surface area contributed by atoms with Crippen molar-refractivity contribution in [3.8, 4) is 6.07 Å². The van der Waals surface area contributed by atoms with Gasteiger partial charge in [0.15, 0.2) is 4.34 Å². The maximum atomic E-state index is 9.56. The standard InChI is InChI=1S/C13H20N4S2/c1-2-7-15-13(9-14)6-3-4-11(13)5-8-18-12-17-16-10-19-12/h10-11,15H,2-8H2,1H3. The van der Waals surface area contributed by atoms with Crippen LogP contribution in [0.1, 0.15) is 39.0 Å². The van der Waals surface area contributed by atoms with Gasteiger partial charge in [-0.05, 0) is 38.1 Å². The average molecular weight is 296 g/mol. The Balaban J connectivity index is 1.85. The molecule has 0 radical (unpaired) electrons. The van der Waals surface area contributed by atoms with Crippen LogP contribution in [-0.4, -0.2) is 28.0 Å². The third-order valence-electron chi connectivity index (χ3n) is 3.74. The van der Waals surface area contributed by atoms with Crippen molar-refractivity contribution in [3.63, 3.8) is 0 Å². The second-order valence-electron chi connectivity index (χ2n) is 4.94. The Hall–Kier alpha value is -0.640. The SMILES string of the molecule is CCCNC1(C#N)CCCC1CCSc1nncs1. The molecule has 1 fully saturated rings. The van der Waals surface area contributed by atoms with Crippen LogP contribution in [0.5, 0.6) is 0 Å². The van der Waals surface area contributed by atoms with Gasteiger partial charge in [0.1, 0.15) is 11.0 Å². The molecule has 0 amide bonds. The Kier molecular flexibility index (Phi) is 5.61. The lowest BCUT2D eigenvalue weighted by atomic mass is 9.86. The summed E-state index contributed by atoms with van der Waals surface area (Å²) in [7, 11) is 0. The minimum atomic E-state index is -0.280. The monoisotopic (exact) mass is 296 g/mol. The van der Waals surface area contributed by atoms with Crippen LogP contribution < -0.4 is 5.32 Å². The molecule has 1 N–H and O–H groups in total. The molecule has 1 heterocycles. The van der Waals surface area contributed by atoms with E-state index < -0.39 is 0 Å². The Morgan fingerprint density at radius 1 is 1.68 bits per heavy atom. The lowest BCUT2D eigenvalue weighted by Gasteiger charge is -2.29. The molecule has 1 aliphatic carbocycles. The van der Waals surface area contributed by atoms with E-state index in [1.165, 1.54) is 12.8 Å². The molecule has 0 aliphatic heterocycles. The van der Waals surface area contributed by atoms with E-state index in [2.05, 4.69) is 28.5 Å². The molecule has 0 saturated heterocycles. The zero-order valence-corrected chi connectivity index (χ0v) is 12.9. The molecule has 1 aromatic rings. The van der Waals surface area contributed by atoms with Gasteiger partial charge in [-0.15, -0.1) is 10.2 Å². The van der Waals surface area contributed by atoms with Gasteiger partial charge >= 0.3 is 0 Å². The van der Waals surface area contributed by atoms with E-state index in [4.69, 9.17) is 0 Å². The summed E-state index contributed by atoms with van der Waals surface area (Å²) in [5, 5.41) is 20.9. The zero-order valence-electron chi connectivity index (χ0n) is 11.3. The first-order valence-electron chi connectivity index (χ1n) is 6.86. The van der Waals surface area contributed by atoms with E-state index in [1.807, 2.05) is 0 Å². The number of nitrogens with one attached hydrogen (secondary N) is 1. The molecule has 2 rings (SSSR count). The topological polar surface area (TPSA) is 61.6 Å². The fourth-order valence-electron chi connectivity index (χ4n) is 2.75. The fourth-order valence-corrected chi connectivity index (χ4v) is 4.36. The van der Waals surface area contributed by atoms with Crippen LogP contribution >= 0.6 is 23.1 Å². The third-order valence-corrected chi connectivity index (χ3v) is 5.64. The van der Waals surface area contributed by atoms with E-state index in [0.29, 0.717) is 5.92 Å². The van der Waals surface area contributed by atoms with Crippen molar-refractivity contribution in [2.24, 2.45) is 5.92 Å². The molecule has 1 aliphatic rings. The number of nitrogens with zero attached hydrogens (tertiary/aromatic N) is 3. The molecule has 2 unspecified atom stereocenters. The van der Waals surface area contributed by atoms with Gasteiger partial charge in [0.25, 0.3) is 0 Å². The summed E-state index contributed by atoms with van der Waals surface area (Å²) >= 11 is 3.34. The Morgan fingerprint density at radius 3 is 3.26 bits per heavy atom. The van der Waals surface area contributed by atoms with Gasteiger partial charge in [-0.25, -0.2) is 0 Å². The van der Waals surface area contributed by atoms with E-state index in [9.17, 15) is 5.26 Å². The summed E-state index contributed by atoms with van der Waals surface area (Å²) in [6.07, 6.45) is 5.49. The van der Waals surface area contributed by atoms with Crippen LogP contribution in [0.2, 0.25) is 0 Å². The fraction of sp³-hybridized carbons (Fsp3) is 0.769. The van der Waals surface area contributed by atoms with E-state index in [1.54, 1.807) is 28.6 Å². The quantitative estimate of drug-likeness (QED) is 0.783. The summed E-state index contributed by atoms with van der Waals surface area (Å²) in [5.41, 5.74) is 1.48. The van der Waals surface area contributed by atoms with Crippen molar-refractivity contribution < 1.29 is 0 Å². The summed E-state index contributed by atoms with van der Waals surface area (Å²) in [4.78, 5) is 0. The maximum absolute atomic E-state index is 9.56. The molecule has 104 valence electrons. The maximum Gasteiger partial charge on any atom is 0.174 e. The van der Waals surface area contributed by atoms with Crippen LogP contribution in [0.4, 0.5) is 0 Å². The van der Waals surface area contributed by atoms with Gasteiger partial charge in [0.2, 0.25) is 0 Å². The van der Waals surface area contributed by atoms with Crippen LogP contribution in [0.3, 0.4) is 0 Å². The van der Waals surface area contributed by atoms with E-state index in [-0.39, 0.29) is 5.54 Å². The minimum Gasteiger partial charge on any atom is -0.299 e. The summed E-state index contributed by atoms with van der Waals surface area (Å²) in [6.45, 7) is 3.08. The molecule has 6 heteroatoms. The van der Waals surface area contributed by atoms with Gasteiger partial charge in [0.05, 0.1) is 6.07 Å². The number of aromatic nitrogens is 2. The van der Waals surface area contributed by atoms with Crippen molar-refractivity contribution in [1.82, 2.24) is 15.5 Å². The lowest BCUT2D eigenvalue weighted by Crippen LogP contribution is -2.47. The minimum absolute atomic E-state index is 0.280. The predicted octanol–water partition coefficient (Wildman–Crippen LogP) is 3.08. The molecule has 4 nitrogen and oxygen atoms in total. The zero-order chi connectivity index (χ0) is 13.6. The first-order valence-corrected chi connectivity index (χ1v) is 8.72. The van der Waals surface area contributed by atoms with Crippen LogP contribution in [-0.2, 0) is 0 Å². The number of hydrogen-bond acceptors (Lipinski definition) is 6. The second kappa shape index (κ2) is 7.22. The van der Waals surface area contributed by atoms with Gasteiger partial charge in [-0.3, -0.25) is 5.32 Å². The number of nitriles is 1. The van der Waals surface area contributed by atoms with Gasteiger partial charge < -0.3 is 0 Å². The molecule has 1 saturated carbocycles. The largest absolute Gasteiger partial charge is 0.299 e. The molecule has 2 atom stereocenters. The Morgan fingerprint density at radius 2 is 2.58 bits per heavy atom. The summed E-state index contributed by atoms with van der Waals surface area (Å²) < 4.78 is 1.03. The highest BCUT2D eigenvalue weighted by atomic mass is 32.2. The van der Waals surface area contributed by atoms with Crippen molar-refractivity contribution in [2.45, 2.75) is 48.9 Å². The Labute approximate surface area is 123 Å². The first-order chi connectivity index (χ1) is 9.30. The van der Waals surface area contributed by atoms with Crippen molar-refractivity contribution in [3.05, 3.63) is 5.51 Å². The molecular weight excluding hydrogens is 276 g/mol. The van der Waals surface area contributed by atoms with Crippen LogP contribution in [0.15, 0.2) is 9.85 Å². The van der Waals surface area contributed by atoms with E-state index in [0.717, 1.165) is 35.9 Å². The van der Waals surface area contributed by atoms with Crippen molar-refractivity contribution in [2.75, 3.05) is 12.3 Å². The lowest BCUT2D eigenvalue weighted by molar-refractivity contribution is 0.311. The van der Waals surface area contributed by atoms with E-state index >= 15 is 0 Å². The van der Waals surface area contributed by atoms with Gasteiger partial charge in [-0.1, -0.05) is 36.4 Å². The van der Waals surface area contributed by atoms with Gasteiger partial charge in [0, 0.05) is 5.75 Å². The third kappa shape index (κ3) is 3.68. The van der Waals surface area contributed by atoms with Gasteiger partial charge in [-0.2, -0.15) is 5.26 Å². The highest BCUT2D eigenvalue weighted by Gasteiger charge is 2.42.